The molecule has 1 fully saturated rings. The average molecular weight is 225 g/mol. The quantitative estimate of drug-likeness (QED) is 0.719. The molecule has 0 bridgehead atoms. The van der Waals surface area contributed by atoms with Crippen molar-refractivity contribution in [1.82, 2.24) is 4.98 Å². The van der Waals surface area contributed by atoms with Gasteiger partial charge in [0.2, 0.25) is 0 Å². The van der Waals surface area contributed by atoms with Crippen LogP contribution in [0.25, 0.3) is 0 Å². The zero-order valence-electron chi connectivity index (χ0n) is 9.12. The van der Waals surface area contributed by atoms with Crippen LogP contribution in [-0.2, 0) is 0 Å². The van der Waals surface area contributed by atoms with Crippen molar-refractivity contribution < 1.29 is 0 Å². The molecule has 1 aromatic rings. The predicted molar refractivity (Wildman–Crippen MR) is 64.6 cm³/mol. The van der Waals surface area contributed by atoms with Crippen LogP contribution in [0.5, 0.6) is 0 Å². The van der Waals surface area contributed by atoms with E-state index in [1.54, 1.807) is 0 Å². The number of hydrogen-bond acceptors (Lipinski definition) is 2. The van der Waals surface area contributed by atoms with E-state index in [1.807, 2.05) is 12.4 Å². The minimum atomic E-state index is 0.646. The zero-order chi connectivity index (χ0) is 10.7. The molecular weight excluding hydrogens is 208 g/mol. The van der Waals surface area contributed by atoms with Gasteiger partial charge in [0, 0.05) is 37.1 Å². The summed E-state index contributed by atoms with van der Waals surface area (Å²) in [6.07, 6.45) is 6.32. The summed E-state index contributed by atoms with van der Waals surface area (Å²) in [6, 6.07) is 2.10. The fourth-order valence-electron chi connectivity index (χ4n) is 2.23. The fourth-order valence-corrected chi connectivity index (χ4v) is 2.48. The molecule has 0 amide bonds. The Bertz CT molecular complexity index is 327. The van der Waals surface area contributed by atoms with Gasteiger partial charge in [-0.15, -0.1) is 11.6 Å². The van der Waals surface area contributed by atoms with E-state index in [4.69, 9.17) is 11.6 Å². The summed E-state index contributed by atoms with van der Waals surface area (Å²) in [4.78, 5) is 6.56. The van der Waals surface area contributed by atoms with Gasteiger partial charge in [0.25, 0.3) is 0 Å². The van der Waals surface area contributed by atoms with Crippen molar-refractivity contribution >= 4 is 17.3 Å². The maximum Gasteiger partial charge on any atom is 0.0426 e. The van der Waals surface area contributed by atoms with Crippen LogP contribution in [0.15, 0.2) is 18.5 Å². The number of piperidine rings is 1. The highest BCUT2D eigenvalue weighted by molar-refractivity contribution is 6.18. The molecule has 82 valence electrons. The standard InChI is InChI=1S/C12H17ClN2/c1-10-8-14-5-4-12(10)15-6-2-3-11(7-13)9-15/h4-5,8,11H,2-3,6-7,9H2,1H3. The first-order valence-electron chi connectivity index (χ1n) is 5.53. The lowest BCUT2D eigenvalue weighted by Gasteiger charge is -2.34. The van der Waals surface area contributed by atoms with E-state index in [-0.39, 0.29) is 0 Å². The Hall–Kier alpha value is -0.760. The molecule has 2 heterocycles. The van der Waals surface area contributed by atoms with E-state index in [2.05, 4.69) is 22.9 Å². The van der Waals surface area contributed by atoms with E-state index < -0.39 is 0 Å². The van der Waals surface area contributed by atoms with E-state index in [9.17, 15) is 0 Å². The van der Waals surface area contributed by atoms with Crippen LogP contribution in [-0.4, -0.2) is 24.0 Å². The monoisotopic (exact) mass is 224 g/mol. The summed E-state index contributed by atoms with van der Waals surface area (Å²) in [5, 5.41) is 0. The number of aromatic nitrogens is 1. The second kappa shape index (κ2) is 4.84. The molecule has 2 nitrogen and oxygen atoms in total. The molecular formula is C12H17ClN2. The Balaban J connectivity index is 2.13. The van der Waals surface area contributed by atoms with E-state index in [0.29, 0.717) is 5.92 Å². The maximum atomic E-state index is 5.93. The third-order valence-electron chi connectivity index (χ3n) is 3.07. The molecule has 3 heteroatoms. The molecule has 1 aliphatic rings. The summed E-state index contributed by atoms with van der Waals surface area (Å²) in [5.74, 6) is 1.42. The van der Waals surface area contributed by atoms with E-state index in [1.165, 1.54) is 24.1 Å². The summed E-state index contributed by atoms with van der Waals surface area (Å²) in [6.45, 7) is 4.36. The van der Waals surface area contributed by atoms with E-state index in [0.717, 1.165) is 19.0 Å². The zero-order valence-corrected chi connectivity index (χ0v) is 9.87. The van der Waals surface area contributed by atoms with Crippen LogP contribution in [0.3, 0.4) is 0 Å². The number of anilines is 1. The van der Waals surface area contributed by atoms with Gasteiger partial charge in [-0.1, -0.05) is 0 Å². The van der Waals surface area contributed by atoms with Crippen molar-refractivity contribution in [1.29, 1.82) is 0 Å². The topological polar surface area (TPSA) is 16.1 Å². The Morgan fingerprint density at radius 3 is 3.20 bits per heavy atom. The third kappa shape index (κ3) is 2.43. The SMILES string of the molecule is Cc1cnccc1N1CCCC(CCl)C1. The van der Waals surface area contributed by atoms with Crippen molar-refractivity contribution in [3.05, 3.63) is 24.0 Å². The van der Waals surface area contributed by atoms with Crippen LogP contribution in [0, 0.1) is 12.8 Å². The molecule has 0 aromatic carbocycles. The van der Waals surface area contributed by atoms with Crippen LogP contribution < -0.4 is 4.90 Å². The normalized spacial score (nSPS) is 21.7. The number of pyridine rings is 1. The number of aryl methyl sites for hydroxylation is 1. The van der Waals surface area contributed by atoms with E-state index >= 15 is 0 Å². The first-order chi connectivity index (χ1) is 7.31. The molecule has 0 aliphatic carbocycles. The second-order valence-corrected chi connectivity index (χ2v) is 4.58. The number of rotatable bonds is 2. The Morgan fingerprint density at radius 2 is 2.47 bits per heavy atom. The minimum absolute atomic E-state index is 0.646. The Morgan fingerprint density at radius 1 is 1.60 bits per heavy atom. The highest BCUT2D eigenvalue weighted by Gasteiger charge is 2.20. The van der Waals surface area contributed by atoms with Crippen molar-refractivity contribution in [2.45, 2.75) is 19.8 Å². The van der Waals surface area contributed by atoms with Crippen molar-refractivity contribution in [3.63, 3.8) is 0 Å². The largest absolute Gasteiger partial charge is 0.371 e. The van der Waals surface area contributed by atoms with Gasteiger partial charge in [-0.3, -0.25) is 4.98 Å². The van der Waals surface area contributed by atoms with Crippen molar-refractivity contribution in [3.8, 4) is 0 Å². The summed E-state index contributed by atoms with van der Waals surface area (Å²) in [5.41, 5.74) is 2.58. The summed E-state index contributed by atoms with van der Waals surface area (Å²) < 4.78 is 0. The smallest absolute Gasteiger partial charge is 0.0426 e. The molecule has 1 unspecified atom stereocenters. The number of nitrogens with zero attached hydrogens (tertiary/aromatic N) is 2. The van der Waals surface area contributed by atoms with Gasteiger partial charge in [-0.2, -0.15) is 0 Å². The Labute approximate surface area is 96.3 Å². The molecule has 0 spiro atoms. The van der Waals surface area contributed by atoms with Crippen LogP contribution in [0.4, 0.5) is 5.69 Å². The van der Waals surface area contributed by atoms with Gasteiger partial charge < -0.3 is 4.90 Å². The fraction of sp³-hybridized carbons (Fsp3) is 0.583. The highest BCUT2D eigenvalue weighted by Crippen LogP contribution is 2.25. The molecule has 0 radical (unpaired) electrons. The van der Waals surface area contributed by atoms with Crippen LogP contribution >= 0.6 is 11.6 Å². The average Bonchev–Trinajstić information content (AvgIpc) is 2.30. The molecule has 1 aromatic heterocycles. The van der Waals surface area contributed by atoms with Gasteiger partial charge in [-0.25, -0.2) is 0 Å². The lowest BCUT2D eigenvalue weighted by molar-refractivity contribution is 0.450. The van der Waals surface area contributed by atoms with Gasteiger partial charge in [-0.05, 0) is 37.3 Å². The molecule has 1 atom stereocenters. The molecule has 15 heavy (non-hydrogen) atoms. The van der Waals surface area contributed by atoms with Crippen LogP contribution in [0.1, 0.15) is 18.4 Å². The highest BCUT2D eigenvalue weighted by atomic mass is 35.5. The van der Waals surface area contributed by atoms with Crippen molar-refractivity contribution in [2.24, 2.45) is 5.92 Å². The third-order valence-corrected chi connectivity index (χ3v) is 3.51. The molecule has 2 rings (SSSR count). The predicted octanol–water partition coefficient (Wildman–Crippen LogP) is 2.85. The van der Waals surface area contributed by atoms with Gasteiger partial charge in [0.15, 0.2) is 0 Å². The first kappa shape index (κ1) is 10.7. The Kier molecular flexibility index (Phi) is 3.47. The minimum Gasteiger partial charge on any atom is -0.371 e. The van der Waals surface area contributed by atoms with Gasteiger partial charge in [0.05, 0.1) is 0 Å². The molecule has 1 aliphatic heterocycles. The number of hydrogen-bond donors (Lipinski definition) is 0. The first-order valence-corrected chi connectivity index (χ1v) is 6.06. The molecule has 0 N–H and O–H groups in total. The van der Waals surface area contributed by atoms with Crippen molar-refractivity contribution in [2.75, 3.05) is 23.9 Å². The number of alkyl halides is 1. The van der Waals surface area contributed by atoms with Gasteiger partial charge >= 0.3 is 0 Å². The lowest BCUT2D eigenvalue weighted by atomic mass is 9.99. The second-order valence-electron chi connectivity index (χ2n) is 4.27. The van der Waals surface area contributed by atoms with Gasteiger partial charge in [0.1, 0.15) is 0 Å². The molecule has 0 saturated carbocycles. The molecule has 1 saturated heterocycles. The number of halogens is 1. The maximum absolute atomic E-state index is 5.93. The van der Waals surface area contributed by atoms with Crippen LogP contribution in [0.2, 0.25) is 0 Å². The summed E-state index contributed by atoms with van der Waals surface area (Å²) >= 11 is 5.93. The lowest BCUT2D eigenvalue weighted by Crippen LogP contribution is -2.36. The summed E-state index contributed by atoms with van der Waals surface area (Å²) in [7, 11) is 0.